The number of pyridine rings is 1. The molecule has 110 valence electrons. The third kappa shape index (κ3) is 3.34. The highest BCUT2D eigenvalue weighted by molar-refractivity contribution is 7.80. The molecule has 2 rings (SSSR count). The molecule has 0 aliphatic carbocycles. The van der Waals surface area contributed by atoms with Gasteiger partial charge in [0.2, 0.25) is 0 Å². The second kappa shape index (κ2) is 5.48. The van der Waals surface area contributed by atoms with E-state index in [1.807, 2.05) is 0 Å². The average Bonchev–Trinajstić information content (AvgIpc) is 2.86. The van der Waals surface area contributed by atoms with Crippen LogP contribution in [-0.4, -0.2) is 26.1 Å². The highest BCUT2D eigenvalue weighted by Gasteiger charge is 2.31. The van der Waals surface area contributed by atoms with Crippen LogP contribution in [0.4, 0.5) is 19.0 Å². The van der Waals surface area contributed by atoms with Crippen LogP contribution in [-0.2, 0) is 6.18 Å². The van der Waals surface area contributed by atoms with Crippen LogP contribution < -0.4 is 11.1 Å². The molecule has 0 saturated carbocycles. The summed E-state index contributed by atoms with van der Waals surface area (Å²) in [6.45, 7) is 0. The number of aromatic amines is 1. The molecule has 0 unspecified atom stereocenters. The van der Waals surface area contributed by atoms with Gasteiger partial charge in [0.05, 0.1) is 17.3 Å². The van der Waals surface area contributed by atoms with Gasteiger partial charge in [-0.25, -0.2) is 0 Å². The number of hydrogen-bond acceptors (Lipinski definition) is 4. The molecule has 0 radical (unpaired) electrons. The van der Waals surface area contributed by atoms with Crippen LogP contribution in [0.2, 0.25) is 0 Å². The fourth-order valence-corrected chi connectivity index (χ4v) is 1.60. The monoisotopic (exact) mass is 315 g/mol. The van der Waals surface area contributed by atoms with Gasteiger partial charge in [-0.1, -0.05) is 12.2 Å². The van der Waals surface area contributed by atoms with E-state index in [1.165, 1.54) is 6.20 Å². The van der Waals surface area contributed by atoms with Crippen molar-refractivity contribution >= 4 is 28.9 Å². The summed E-state index contributed by atoms with van der Waals surface area (Å²) in [5.74, 6) is -0.570. The first-order valence-electron chi connectivity index (χ1n) is 5.47. The Labute approximate surface area is 121 Å². The number of rotatable bonds is 3. The van der Waals surface area contributed by atoms with E-state index in [-0.39, 0.29) is 16.5 Å². The Kier molecular flexibility index (Phi) is 3.89. The average molecular weight is 315 g/mol. The number of amides is 1. The fourth-order valence-electron chi connectivity index (χ4n) is 1.44. The van der Waals surface area contributed by atoms with Crippen molar-refractivity contribution in [1.82, 2.24) is 15.2 Å². The van der Waals surface area contributed by atoms with Crippen LogP contribution in [0.3, 0.4) is 0 Å². The Bertz CT molecular complexity index is 680. The van der Waals surface area contributed by atoms with Gasteiger partial charge in [0, 0.05) is 6.20 Å². The summed E-state index contributed by atoms with van der Waals surface area (Å²) in [6.07, 6.45) is -2.61. The largest absolute Gasteiger partial charge is 0.417 e. The minimum Gasteiger partial charge on any atom is -0.389 e. The molecule has 0 aromatic carbocycles. The Morgan fingerprint density at radius 1 is 1.33 bits per heavy atom. The maximum absolute atomic E-state index is 12.4. The number of H-pyrrole nitrogens is 1. The molecule has 0 spiro atoms. The predicted octanol–water partition coefficient (Wildman–Crippen LogP) is 1.71. The lowest BCUT2D eigenvalue weighted by atomic mass is 10.2. The van der Waals surface area contributed by atoms with Gasteiger partial charge in [-0.05, 0) is 12.1 Å². The predicted molar refractivity (Wildman–Crippen MR) is 71.7 cm³/mol. The van der Waals surface area contributed by atoms with E-state index in [0.29, 0.717) is 11.8 Å². The van der Waals surface area contributed by atoms with Crippen LogP contribution in [0, 0.1) is 0 Å². The third-order valence-corrected chi connectivity index (χ3v) is 2.69. The summed E-state index contributed by atoms with van der Waals surface area (Å²) in [4.78, 5) is 15.3. The Morgan fingerprint density at radius 2 is 2.05 bits per heavy atom. The zero-order chi connectivity index (χ0) is 15.6. The van der Waals surface area contributed by atoms with Crippen LogP contribution in [0.5, 0.6) is 0 Å². The molecule has 0 aliphatic heterocycles. The fraction of sp³-hybridized carbons (Fsp3) is 0.0909. The zero-order valence-corrected chi connectivity index (χ0v) is 11.0. The third-order valence-electron chi connectivity index (χ3n) is 2.47. The first-order valence-corrected chi connectivity index (χ1v) is 5.87. The Balaban J connectivity index is 2.17. The van der Waals surface area contributed by atoms with Gasteiger partial charge in [0.25, 0.3) is 5.91 Å². The lowest BCUT2D eigenvalue weighted by Crippen LogP contribution is -2.18. The smallest absolute Gasteiger partial charge is 0.389 e. The minimum absolute atomic E-state index is 0.0134. The van der Waals surface area contributed by atoms with E-state index in [2.05, 4.69) is 20.5 Å². The second-order valence-electron chi connectivity index (χ2n) is 3.91. The molecule has 1 amide bonds. The standard InChI is InChI=1S/C11H8F3N5OS/c12-11(13,14)5-1-2-7(16-3-5)10(20)18-9-6(8(15)21)4-17-19-9/h1-4H,(H2,15,21)(H2,17,18,19,20). The quantitative estimate of drug-likeness (QED) is 0.749. The van der Waals surface area contributed by atoms with Crippen molar-refractivity contribution < 1.29 is 18.0 Å². The number of alkyl halides is 3. The van der Waals surface area contributed by atoms with Crippen molar-refractivity contribution in [3.63, 3.8) is 0 Å². The normalized spacial score (nSPS) is 11.2. The number of nitrogens with two attached hydrogens (primary N) is 1. The molecule has 6 nitrogen and oxygen atoms in total. The number of aromatic nitrogens is 3. The van der Waals surface area contributed by atoms with E-state index < -0.39 is 17.6 Å². The molecule has 2 aromatic rings. The summed E-state index contributed by atoms with van der Waals surface area (Å²) in [7, 11) is 0. The lowest BCUT2D eigenvalue weighted by molar-refractivity contribution is -0.137. The number of hydrogen-bond donors (Lipinski definition) is 3. The van der Waals surface area contributed by atoms with Gasteiger partial charge in [-0.3, -0.25) is 14.9 Å². The maximum atomic E-state index is 12.4. The van der Waals surface area contributed by atoms with Crippen molar-refractivity contribution in [2.24, 2.45) is 5.73 Å². The van der Waals surface area contributed by atoms with Crippen LogP contribution in [0.1, 0.15) is 21.6 Å². The number of carbonyl (C=O) groups excluding carboxylic acids is 1. The highest BCUT2D eigenvalue weighted by atomic mass is 32.1. The summed E-state index contributed by atoms with van der Waals surface area (Å²) >= 11 is 4.76. The van der Waals surface area contributed by atoms with Crippen molar-refractivity contribution in [2.45, 2.75) is 6.18 Å². The van der Waals surface area contributed by atoms with Gasteiger partial charge >= 0.3 is 6.18 Å². The molecular formula is C11H8F3N5OS. The SMILES string of the molecule is NC(=S)c1cn[nH]c1NC(=O)c1ccc(C(F)(F)F)cn1. The second-order valence-corrected chi connectivity index (χ2v) is 4.35. The van der Waals surface area contributed by atoms with Gasteiger partial charge in [-0.15, -0.1) is 0 Å². The number of thiocarbonyl (C=S) groups is 1. The van der Waals surface area contributed by atoms with Crippen molar-refractivity contribution in [2.75, 3.05) is 5.32 Å². The molecule has 2 aromatic heterocycles. The lowest BCUT2D eigenvalue weighted by Gasteiger charge is -2.07. The van der Waals surface area contributed by atoms with E-state index >= 15 is 0 Å². The first kappa shape index (κ1) is 14.9. The van der Waals surface area contributed by atoms with Crippen LogP contribution in [0.25, 0.3) is 0 Å². The zero-order valence-electron chi connectivity index (χ0n) is 10.2. The van der Waals surface area contributed by atoms with Crippen LogP contribution in [0.15, 0.2) is 24.5 Å². The molecule has 0 fully saturated rings. The molecule has 4 N–H and O–H groups in total. The van der Waals surface area contributed by atoms with Crippen molar-refractivity contribution in [3.05, 3.63) is 41.3 Å². The molecule has 0 aliphatic rings. The topological polar surface area (TPSA) is 96.7 Å². The molecular weight excluding hydrogens is 307 g/mol. The summed E-state index contributed by atoms with van der Waals surface area (Å²) in [6, 6.07) is 1.73. The van der Waals surface area contributed by atoms with Gasteiger partial charge in [0.1, 0.15) is 16.5 Å². The number of carbonyl (C=O) groups is 1. The van der Waals surface area contributed by atoms with Gasteiger partial charge in [0.15, 0.2) is 0 Å². The van der Waals surface area contributed by atoms with Gasteiger partial charge < -0.3 is 11.1 Å². The van der Waals surface area contributed by atoms with Gasteiger partial charge in [-0.2, -0.15) is 18.3 Å². The van der Waals surface area contributed by atoms with E-state index in [4.69, 9.17) is 18.0 Å². The van der Waals surface area contributed by atoms with Crippen molar-refractivity contribution in [1.29, 1.82) is 0 Å². The van der Waals surface area contributed by atoms with Crippen LogP contribution >= 0.6 is 12.2 Å². The van der Waals surface area contributed by atoms with E-state index in [1.54, 1.807) is 0 Å². The summed E-state index contributed by atoms with van der Waals surface area (Å²) < 4.78 is 37.2. The molecule has 10 heteroatoms. The molecule has 21 heavy (non-hydrogen) atoms. The van der Waals surface area contributed by atoms with E-state index in [0.717, 1.165) is 12.1 Å². The maximum Gasteiger partial charge on any atom is 0.417 e. The Hall–Kier alpha value is -2.49. The summed E-state index contributed by atoms with van der Waals surface area (Å²) in [5, 5.41) is 8.50. The number of nitrogens with zero attached hydrogens (tertiary/aromatic N) is 2. The molecule has 0 atom stereocenters. The van der Waals surface area contributed by atoms with Crippen molar-refractivity contribution in [3.8, 4) is 0 Å². The highest BCUT2D eigenvalue weighted by Crippen LogP contribution is 2.28. The number of halogens is 3. The number of anilines is 1. The summed E-state index contributed by atoms with van der Waals surface area (Å²) in [5.41, 5.74) is 4.60. The molecule has 0 saturated heterocycles. The Morgan fingerprint density at radius 3 is 2.57 bits per heavy atom. The number of nitrogens with one attached hydrogen (secondary N) is 2. The first-order chi connectivity index (χ1) is 9.79. The molecule has 2 heterocycles. The molecule has 0 bridgehead atoms. The van der Waals surface area contributed by atoms with E-state index in [9.17, 15) is 18.0 Å². The minimum atomic E-state index is -4.51.